The Kier molecular flexibility index (Phi) is 0.922. The van der Waals surface area contributed by atoms with Gasteiger partial charge in [0.1, 0.15) is 5.75 Å². The minimum atomic E-state index is 0.584. The molecule has 1 aromatic rings. The summed E-state index contributed by atoms with van der Waals surface area (Å²) in [7, 11) is 0. The number of phenolic OH excluding ortho intramolecular Hbond substituents is 1. The Balaban J connectivity index is 2.88. The summed E-state index contributed by atoms with van der Waals surface area (Å²) in [5, 5.41) is 4.22. The summed E-state index contributed by atoms with van der Waals surface area (Å²) >= 11 is 0. The highest BCUT2D eigenvalue weighted by Crippen LogP contribution is 2.07. The number of benzene rings is 1. The molecule has 0 atom stereocenters. The second-order valence-corrected chi connectivity index (χ2v) is 1.81. The van der Waals surface area contributed by atoms with Crippen molar-refractivity contribution in [3.8, 4) is 5.75 Å². The molecule has 0 saturated carbocycles. The van der Waals surface area contributed by atoms with Crippen LogP contribution < -0.4 is 0 Å². The molecular weight excluding hydrogens is 100 g/mol. The fourth-order valence-electron chi connectivity index (χ4n) is 0.538. The van der Waals surface area contributed by atoms with E-state index in [1.165, 1.54) is 5.56 Å². The van der Waals surface area contributed by atoms with Crippen molar-refractivity contribution in [1.82, 2.24) is 0 Å². The van der Waals surface area contributed by atoms with Crippen LogP contribution in [0.15, 0.2) is 24.3 Å². The lowest BCUT2D eigenvalue weighted by molar-refractivity contribution is 0.475. The first kappa shape index (κ1) is 3.96. The monoisotopic (exact) mass is 110 g/mol. The van der Waals surface area contributed by atoms with E-state index in [-0.39, 0.29) is 0 Å². The lowest BCUT2D eigenvalue weighted by Gasteiger charge is -1.89. The van der Waals surface area contributed by atoms with Gasteiger partial charge in [0.2, 0.25) is 0 Å². The lowest BCUT2D eigenvalue weighted by atomic mass is 10.2. The van der Waals surface area contributed by atoms with E-state index in [0.717, 1.165) is 0 Å². The van der Waals surface area contributed by atoms with Gasteiger partial charge in [0, 0.05) is 0 Å². The fraction of sp³-hybridized carbons (Fsp3) is 0.143. The third-order valence-corrected chi connectivity index (χ3v) is 1.02. The molecule has 0 aliphatic rings. The zero-order valence-electron chi connectivity index (χ0n) is 5.72. The first-order valence-corrected chi connectivity index (χ1v) is 2.53. The van der Waals surface area contributed by atoms with Crippen molar-refractivity contribution in [1.29, 1.82) is 1.43 Å². The number of hydrogen-bond donors (Lipinski definition) is 1. The molecule has 0 amide bonds. The van der Waals surface area contributed by atoms with E-state index in [4.69, 9.17) is 1.43 Å². The molecule has 42 valence electrons. The molecule has 0 spiro atoms. The molecule has 1 aromatic carbocycles. The van der Waals surface area contributed by atoms with E-state index in [9.17, 15) is 0 Å². The van der Waals surface area contributed by atoms with Gasteiger partial charge in [0.25, 0.3) is 1.43 Å². The van der Waals surface area contributed by atoms with Crippen LogP contribution in [0.25, 0.3) is 0 Å². The number of rotatable bonds is 1. The first-order valence-electron chi connectivity index (χ1n) is 2.93. The van der Waals surface area contributed by atoms with Gasteiger partial charge in [-0.05, 0) is 19.1 Å². The van der Waals surface area contributed by atoms with Crippen LogP contribution in [0, 0.1) is 6.92 Å². The third-order valence-electron chi connectivity index (χ3n) is 1.02. The van der Waals surface area contributed by atoms with E-state index in [0.29, 0.717) is 5.75 Å². The largest absolute Gasteiger partial charge is 0.508 e. The molecular formula is C7H8O. The Labute approximate surface area is 50.1 Å². The van der Waals surface area contributed by atoms with Gasteiger partial charge in [-0.15, -0.1) is 0 Å². The standard InChI is InChI=1S/C7H8O/c1-6-2-4-7(8)5-3-6/h2-5,8H,1H3/i/hT. The number of aryl methyl sites for hydroxylation is 1. The van der Waals surface area contributed by atoms with Crippen molar-refractivity contribution in [2.24, 2.45) is 0 Å². The van der Waals surface area contributed by atoms with Crippen LogP contribution >= 0.6 is 0 Å². The van der Waals surface area contributed by atoms with Crippen LogP contribution in [0.5, 0.6) is 5.75 Å². The molecule has 0 aliphatic carbocycles. The van der Waals surface area contributed by atoms with Crippen molar-refractivity contribution in [2.75, 3.05) is 0 Å². The predicted molar refractivity (Wildman–Crippen MR) is 32.8 cm³/mol. The molecule has 1 heteroatoms. The summed E-state index contributed by atoms with van der Waals surface area (Å²) < 4.78 is 6.51. The number of hydrogen-bond acceptors (Lipinski definition) is 1. The zero-order chi connectivity index (χ0) is 6.69. The molecule has 1 nitrogen and oxygen atoms in total. The maximum atomic E-state index is 6.51. The third kappa shape index (κ3) is 0.997. The second kappa shape index (κ2) is 1.86. The Bertz CT molecular complexity index is 181. The second-order valence-electron chi connectivity index (χ2n) is 1.81. The fourth-order valence-corrected chi connectivity index (χ4v) is 0.538. The Hall–Kier alpha value is -0.980. The van der Waals surface area contributed by atoms with Gasteiger partial charge in [-0.1, -0.05) is 17.7 Å². The van der Waals surface area contributed by atoms with Gasteiger partial charge in [0.05, 0.1) is 0 Å². The molecule has 0 radical (unpaired) electrons. The predicted octanol–water partition coefficient (Wildman–Crippen LogP) is 1.70. The van der Waals surface area contributed by atoms with E-state index in [2.05, 4.69) is 5.11 Å². The van der Waals surface area contributed by atoms with Crippen LogP contribution in [0.4, 0.5) is 0 Å². The van der Waals surface area contributed by atoms with E-state index >= 15 is 0 Å². The van der Waals surface area contributed by atoms with Crippen molar-refractivity contribution in [3.63, 3.8) is 0 Å². The van der Waals surface area contributed by atoms with Crippen molar-refractivity contribution in [3.05, 3.63) is 29.8 Å². The van der Waals surface area contributed by atoms with Crippen molar-refractivity contribution in [2.45, 2.75) is 6.92 Å². The highest BCUT2D eigenvalue weighted by Gasteiger charge is 1.82. The van der Waals surface area contributed by atoms with Crippen LogP contribution in [0.2, 0.25) is 0 Å². The summed E-state index contributed by atoms with van der Waals surface area (Å²) in [4.78, 5) is 0. The van der Waals surface area contributed by atoms with Gasteiger partial charge in [0.15, 0.2) is 0 Å². The Morgan fingerprint density at radius 3 is 2.50 bits per heavy atom. The maximum Gasteiger partial charge on any atom is 0.293 e. The van der Waals surface area contributed by atoms with E-state index in [1.807, 2.05) is 19.1 Å². The van der Waals surface area contributed by atoms with Gasteiger partial charge in [-0.3, -0.25) is 0 Å². The minimum absolute atomic E-state index is 0.584. The maximum absolute atomic E-state index is 6.51. The van der Waals surface area contributed by atoms with Gasteiger partial charge >= 0.3 is 0 Å². The topological polar surface area (TPSA) is 20.2 Å². The quantitative estimate of drug-likeness (QED) is 0.583. The Morgan fingerprint density at radius 2 is 2.00 bits per heavy atom. The summed E-state index contributed by atoms with van der Waals surface area (Å²) in [5.41, 5.74) is 1.18. The highest BCUT2D eigenvalue weighted by atomic mass is 16.3. The average molecular weight is 110 g/mol. The van der Waals surface area contributed by atoms with Crippen LogP contribution in [0.3, 0.4) is 0 Å². The lowest BCUT2D eigenvalue weighted by Crippen LogP contribution is -1.66. The normalized spacial score (nSPS) is 10.4. The van der Waals surface area contributed by atoms with Crippen molar-refractivity contribution >= 4 is 0 Å². The number of aromatic hydroxyl groups is 1. The molecule has 0 aliphatic heterocycles. The SMILES string of the molecule is [3H]Oc1ccc(C)cc1. The first-order chi connectivity index (χ1) is 4.33. The van der Waals surface area contributed by atoms with Crippen LogP contribution in [-0.2, 0) is 0 Å². The molecule has 1 rings (SSSR count). The van der Waals surface area contributed by atoms with Gasteiger partial charge in [-0.25, -0.2) is 0 Å². The summed E-state index contributed by atoms with van der Waals surface area (Å²) in [5.74, 6) is 0.584. The van der Waals surface area contributed by atoms with Crippen molar-refractivity contribution < 1.29 is 5.11 Å². The van der Waals surface area contributed by atoms with Gasteiger partial charge < -0.3 is 5.11 Å². The van der Waals surface area contributed by atoms with Gasteiger partial charge in [-0.2, -0.15) is 0 Å². The molecule has 0 aromatic heterocycles. The highest BCUT2D eigenvalue weighted by molar-refractivity contribution is 5.24. The summed E-state index contributed by atoms with van der Waals surface area (Å²) in [6.45, 7) is 1.99. The zero-order valence-corrected chi connectivity index (χ0v) is 4.72. The molecule has 0 heterocycles. The molecule has 0 unspecified atom stereocenters. The average Bonchev–Trinajstić information content (AvgIpc) is 1.90. The molecule has 0 saturated heterocycles. The number of phenols is 1. The molecule has 8 heavy (non-hydrogen) atoms. The Morgan fingerprint density at radius 1 is 1.38 bits per heavy atom. The molecule has 0 fully saturated rings. The summed E-state index contributed by atoms with van der Waals surface area (Å²) in [6.07, 6.45) is 0. The smallest absolute Gasteiger partial charge is 0.293 e. The molecule has 1 N–H and O–H groups in total. The molecule has 0 bridgehead atoms. The summed E-state index contributed by atoms with van der Waals surface area (Å²) in [6, 6.07) is 7.35. The minimum Gasteiger partial charge on any atom is -0.508 e. The van der Waals surface area contributed by atoms with E-state index in [1.54, 1.807) is 12.1 Å². The van der Waals surface area contributed by atoms with Crippen LogP contribution in [0.1, 0.15) is 5.56 Å². The van der Waals surface area contributed by atoms with E-state index < -0.39 is 0 Å². The van der Waals surface area contributed by atoms with Crippen LogP contribution in [-0.4, -0.2) is 6.54 Å².